The second-order valence-corrected chi connectivity index (χ2v) is 5.65. The zero-order valence-corrected chi connectivity index (χ0v) is 14.2. The molecule has 0 bridgehead atoms. The lowest BCUT2D eigenvalue weighted by molar-refractivity contribution is -0.139. The molecule has 6 heteroatoms. The quantitative estimate of drug-likeness (QED) is 0.866. The van der Waals surface area contributed by atoms with Crippen LogP contribution in [0.25, 0.3) is 0 Å². The van der Waals surface area contributed by atoms with Crippen LogP contribution in [0.1, 0.15) is 25.5 Å². The van der Waals surface area contributed by atoms with E-state index in [9.17, 15) is 9.59 Å². The van der Waals surface area contributed by atoms with Crippen molar-refractivity contribution in [2.45, 2.75) is 19.9 Å². The van der Waals surface area contributed by atoms with Gasteiger partial charge in [-0.2, -0.15) is 0 Å². The van der Waals surface area contributed by atoms with Gasteiger partial charge in [0.05, 0.1) is 18.2 Å². The Kier molecular flexibility index (Phi) is 4.93. The van der Waals surface area contributed by atoms with Gasteiger partial charge in [-0.3, -0.25) is 0 Å². The Morgan fingerprint density at radius 1 is 1.30 bits per heavy atom. The molecule has 23 heavy (non-hydrogen) atoms. The Bertz CT molecular complexity index is 635. The van der Waals surface area contributed by atoms with Crippen molar-refractivity contribution in [3.05, 3.63) is 41.1 Å². The molecule has 6 nitrogen and oxygen atoms in total. The number of rotatable bonds is 4. The molecule has 1 aromatic rings. The molecule has 0 unspecified atom stereocenters. The molecule has 0 aromatic heterocycles. The molecule has 1 atom stereocenters. The lowest BCUT2D eigenvalue weighted by Crippen LogP contribution is -2.46. The molecular formula is C17H23N3O3. The lowest BCUT2D eigenvalue weighted by atomic mass is 9.95. The van der Waals surface area contributed by atoms with Crippen LogP contribution in [0.5, 0.6) is 0 Å². The maximum absolute atomic E-state index is 12.4. The van der Waals surface area contributed by atoms with Gasteiger partial charge in [0.15, 0.2) is 0 Å². The summed E-state index contributed by atoms with van der Waals surface area (Å²) in [5.41, 5.74) is 2.96. The van der Waals surface area contributed by atoms with Crippen LogP contribution >= 0.6 is 0 Å². The van der Waals surface area contributed by atoms with E-state index in [1.165, 1.54) is 4.90 Å². The number of carbonyl (C=O) groups excluding carboxylic acids is 2. The fourth-order valence-electron chi connectivity index (χ4n) is 2.52. The van der Waals surface area contributed by atoms with Crippen molar-refractivity contribution < 1.29 is 14.3 Å². The van der Waals surface area contributed by atoms with Crippen LogP contribution < -0.4 is 10.2 Å². The summed E-state index contributed by atoms with van der Waals surface area (Å²) < 4.78 is 5.17. The topological polar surface area (TPSA) is 61.9 Å². The molecule has 124 valence electrons. The summed E-state index contributed by atoms with van der Waals surface area (Å²) in [4.78, 5) is 27.9. The van der Waals surface area contributed by atoms with Crippen LogP contribution in [0.2, 0.25) is 0 Å². The number of esters is 1. The maximum atomic E-state index is 12.4. The number of allylic oxidation sites excluding steroid dienone is 1. The van der Waals surface area contributed by atoms with Crippen LogP contribution in [0.4, 0.5) is 10.5 Å². The highest BCUT2D eigenvalue weighted by Crippen LogP contribution is 2.31. The van der Waals surface area contributed by atoms with Crippen molar-refractivity contribution in [1.82, 2.24) is 10.2 Å². The molecular weight excluding hydrogens is 294 g/mol. The normalized spacial score (nSPS) is 17.9. The third-order valence-electron chi connectivity index (χ3n) is 3.99. The number of hydrogen-bond acceptors (Lipinski definition) is 4. The van der Waals surface area contributed by atoms with Gasteiger partial charge >= 0.3 is 12.0 Å². The summed E-state index contributed by atoms with van der Waals surface area (Å²) in [5, 5.41) is 2.87. The van der Waals surface area contributed by atoms with Crippen LogP contribution in [0.15, 0.2) is 35.5 Å². The predicted octanol–water partition coefficient (Wildman–Crippen LogP) is 2.29. The lowest BCUT2D eigenvalue weighted by Gasteiger charge is -2.33. The van der Waals surface area contributed by atoms with Gasteiger partial charge in [-0.1, -0.05) is 12.1 Å². The number of anilines is 1. The van der Waals surface area contributed by atoms with Crippen molar-refractivity contribution in [2.75, 3.05) is 32.6 Å². The van der Waals surface area contributed by atoms with Crippen LogP contribution in [-0.4, -0.2) is 44.7 Å². The monoisotopic (exact) mass is 317 g/mol. The first kappa shape index (κ1) is 16.9. The molecule has 0 aliphatic carbocycles. The molecule has 0 radical (unpaired) electrons. The van der Waals surface area contributed by atoms with Gasteiger partial charge in [0, 0.05) is 32.5 Å². The smallest absolute Gasteiger partial charge is 0.338 e. The van der Waals surface area contributed by atoms with Gasteiger partial charge in [0.25, 0.3) is 0 Å². The minimum Gasteiger partial charge on any atom is -0.463 e. The number of hydrogen-bond donors (Lipinski definition) is 1. The predicted molar refractivity (Wildman–Crippen MR) is 89.1 cm³/mol. The van der Waals surface area contributed by atoms with E-state index in [4.69, 9.17) is 4.74 Å². The van der Waals surface area contributed by atoms with E-state index in [0.29, 0.717) is 17.9 Å². The SMILES string of the molecule is CCOC(=O)C1=C(C)N(C)C(=O)N[C@@H]1c1ccc(N(C)C)cc1. The molecule has 1 N–H and O–H groups in total. The summed E-state index contributed by atoms with van der Waals surface area (Å²) in [5.74, 6) is -0.404. The van der Waals surface area contributed by atoms with E-state index in [1.54, 1.807) is 20.9 Å². The molecule has 0 fully saturated rings. The van der Waals surface area contributed by atoms with E-state index in [0.717, 1.165) is 11.3 Å². The summed E-state index contributed by atoms with van der Waals surface area (Å²) in [6.45, 7) is 3.81. The van der Waals surface area contributed by atoms with Crippen molar-refractivity contribution in [1.29, 1.82) is 0 Å². The Balaban J connectivity index is 2.44. The molecule has 1 heterocycles. The van der Waals surface area contributed by atoms with Gasteiger partial charge in [-0.15, -0.1) is 0 Å². The highest BCUT2D eigenvalue weighted by molar-refractivity contribution is 5.95. The third-order valence-corrected chi connectivity index (χ3v) is 3.99. The molecule has 1 aliphatic rings. The molecule has 1 aromatic carbocycles. The molecule has 0 saturated carbocycles. The largest absolute Gasteiger partial charge is 0.463 e. The minimum absolute atomic E-state index is 0.239. The van der Waals surface area contributed by atoms with Crippen molar-refractivity contribution in [2.24, 2.45) is 0 Å². The third kappa shape index (κ3) is 3.31. The summed E-state index contributed by atoms with van der Waals surface area (Å²) in [6.07, 6.45) is 0. The first-order valence-corrected chi connectivity index (χ1v) is 7.56. The second-order valence-electron chi connectivity index (χ2n) is 5.65. The van der Waals surface area contributed by atoms with Gasteiger partial charge in [-0.25, -0.2) is 9.59 Å². The number of nitrogens with one attached hydrogen (secondary N) is 1. The van der Waals surface area contributed by atoms with E-state index < -0.39 is 12.0 Å². The summed E-state index contributed by atoms with van der Waals surface area (Å²) >= 11 is 0. The Labute approximate surface area is 136 Å². The van der Waals surface area contributed by atoms with Crippen LogP contribution in [-0.2, 0) is 9.53 Å². The van der Waals surface area contributed by atoms with Crippen molar-refractivity contribution in [3.63, 3.8) is 0 Å². The highest BCUT2D eigenvalue weighted by Gasteiger charge is 2.34. The highest BCUT2D eigenvalue weighted by atomic mass is 16.5. The number of amides is 2. The molecule has 2 amide bonds. The Morgan fingerprint density at radius 3 is 2.43 bits per heavy atom. The summed E-state index contributed by atoms with van der Waals surface area (Å²) in [6, 6.07) is 7.00. The van der Waals surface area contributed by atoms with Gasteiger partial charge < -0.3 is 19.9 Å². The van der Waals surface area contributed by atoms with E-state index in [2.05, 4.69) is 5.32 Å². The van der Waals surface area contributed by atoms with Gasteiger partial charge in [0.2, 0.25) is 0 Å². The zero-order chi connectivity index (χ0) is 17.1. The first-order chi connectivity index (χ1) is 10.9. The van der Waals surface area contributed by atoms with E-state index >= 15 is 0 Å². The molecule has 0 spiro atoms. The van der Waals surface area contributed by atoms with Gasteiger partial charge in [-0.05, 0) is 31.5 Å². The van der Waals surface area contributed by atoms with Crippen LogP contribution in [0.3, 0.4) is 0 Å². The molecule has 2 rings (SSSR count). The maximum Gasteiger partial charge on any atom is 0.338 e. The van der Waals surface area contributed by atoms with E-state index in [1.807, 2.05) is 43.3 Å². The first-order valence-electron chi connectivity index (χ1n) is 7.56. The number of carbonyl (C=O) groups is 2. The average molecular weight is 317 g/mol. The molecule has 0 saturated heterocycles. The number of urea groups is 1. The number of ether oxygens (including phenoxy) is 1. The fourth-order valence-corrected chi connectivity index (χ4v) is 2.52. The Morgan fingerprint density at radius 2 is 1.91 bits per heavy atom. The molecule has 1 aliphatic heterocycles. The minimum atomic E-state index is -0.506. The van der Waals surface area contributed by atoms with Gasteiger partial charge in [0.1, 0.15) is 0 Å². The standard InChI is InChI=1S/C17H23N3O3/c1-6-23-16(21)14-11(2)20(5)17(22)18-15(14)12-7-9-13(10-8-12)19(3)4/h7-10,15H,6H2,1-5H3,(H,18,22)/t15-/m1/s1. The summed E-state index contributed by atoms with van der Waals surface area (Å²) in [7, 11) is 5.55. The van der Waals surface area contributed by atoms with Crippen LogP contribution in [0, 0.1) is 0 Å². The van der Waals surface area contributed by atoms with Crippen molar-refractivity contribution >= 4 is 17.7 Å². The number of nitrogens with zero attached hydrogens (tertiary/aromatic N) is 2. The van der Waals surface area contributed by atoms with Crippen molar-refractivity contribution in [3.8, 4) is 0 Å². The fraction of sp³-hybridized carbons (Fsp3) is 0.412. The van der Waals surface area contributed by atoms with E-state index in [-0.39, 0.29) is 6.03 Å². The zero-order valence-electron chi connectivity index (χ0n) is 14.2. The Hall–Kier alpha value is -2.50. The number of benzene rings is 1. The second kappa shape index (κ2) is 6.73. The average Bonchev–Trinajstić information content (AvgIpc) is 2.52.